The van der Waals surface area contributed by atoms with Crippen LogP contribution in [-0.2, 0) is 15.1 Å². The number of amides is 2. The molecule has 0 radical (unpaired) electrons. The zero-order chi connectivity index (χ0) is 18.6. The molecule has 1 aliphatic carbocycles. The molecule has 144 valence electrons. The standard InChI is InChI=1S/C19H31N5O2/c1-22(2)15-17(25)23-13-9-19(10-14-23,24-12-6-11-20-24)18(26)21-16-7-4-3-5-8-16/h6,11-12,16H,3-5,7-10,13-15H2,1-2H3,(H,21,26). The largest absolute Gasteiger partial charge is 0.351 e. The summed E-state index contributed by atoms with van der Waals surface area (Å²) in [6.07, 6.45) is 10.6. The Labute approximate surface area is 155 Å². The number of carbonyl (C=O) groups is 2. The quantitative estimate of drug-likeness (QED) is 0.856. The molecule has 0 aromatic carbocycles. The number of likely N-dealkylation sites (tertiary alicyclic amines) is 1. The number of rotatable bonds is 5. The van der Waals surface area contributed by atoms with Crippen molar-refractivity contribution in [2.45, 2.75) is 56.5 Å². The van der Waals surface area contributed by atoms with E-state index < -0.39 is 5.54 Å². The Morgan fingerprint density at radius 2 is 1.88 bits per heavy atom. The second-order valence-corrected chi connectivity index (χ2v) is 7.91. The Morgan fingerprint density at radius 3 is 2.46 bits per heavy atom. The zero-order valence-electron chi connectivity index (χ0n) is 16.0. The molecular formula is C19H31N5O2. The lowest BCUT2D eigenvalue weighted by molar-refractivity contribution is -0.141. The van der Waals surface area contributed by atoms with Gasteiger partial charge < -0.3 is 15.1 Å². The number of aromatic nitrogens is 2. The summed E-state index contributed by atoms with van der Waals surface area (Å²) in [6.45, 7) is 1.58. The molecule has 0 bridgehead atoms. The normalized spacial score (nSPS) is 21.0. The van der Waals surface area contributed by atoms with Crippen LogP contribution in [0.4, 0.5) is 0 Å². The fourth-order valence-corrected chi connectivity index (χ4v) is 4.15. The third kappa shape index (κ3) is 4.09. The van der Waals surface area contributed by atoms with E-state index in [1.54, 1.807) is 10.9 Å². The lowest BCUT2D eigenvalue weighted by atomic mass is 9.85. The highest BCUT2D eigenvalue weighted by Gasteiger charge is 2.45. The summed E-state index contributed by atoms with van der Waals surface area (Å²) < 4.78 is 1.80. The van der Waals surface area contributed by atoms with Gasteiger partial charge in [-0.1, -0.05) is 19.3 Å². The Hall–Kier alpha value is -1.89. The average Bonchev–Trinajstić information content (AvgIpc) is 3.17. The molecule has 3 rings (SSSR count). The van der Waals surface area contributed by atoms with Crippen molar-refractivity contribution >= 4 is 11.8 Å². The van der Waals surface area contributed by atoms with Crippen LogP contribution in [0.3, 0.4) is 0 Å². The summed E-state index contributed by atoms with van der Waals surface area (Å²) in [4.78, 5) is 29.4. The molecule has 1 N–H and O–H groups in total. The maximum absolute atomic E-state index is 13.3. The molecule has 0 atom stereocenters. The van der Waals surface area contributed by atoms with Gasteiger partial charge in [-0.05, 0) is 45.8 Å². The average molecular weight is 361 g/mol. The molecule has 7 heteroatoms. The molecule has 7 nitrogen and oxygen atoms in total. The van der Waals surface area contributed by atoms with Crippen molar-refractivity contribution in [1.29, 1.82) is 0 Å². The number of hydrogen-bond acceptors (Lipinski definition) is 4. The third-order valence-corrected chi connectivity index (χ3v) is 5.70. The van der Waals surface area contributed by atoms with E-state index in [2.05, 4.69) is 10.4 Å². The van der Waals surface area contributed by atoms with E-state index in [0.29, 0.717) is 32.5 Å². The molecule has 2 fully saturated rings. The van der Waals surface area contributed by atoms with Crippen LogP contribution in [0.5, 0.6) is 0 Å². The van der Waals surface area contributed by atoms with Gasteiger partial charge in [0.25, 0.3) is 0 Å². The summed E-state index contributed by atoms with van der Waals surface area (Å²) in [5, 5.41) is 7.67. The first-order valence-electron chi connectivity index (χ1n) is 9.75. The predicted molar refractivity (Wildman–Crippen MR) is 99.6 cm³/mol. The molecule has 2 aliphatic rings. The fraction of sp³-hybridized carbons (Fsp3) is 0.737. The topological polar surface area (TPSA) is 70.5 Å². The van der Waals surface area contributed by atoms with Crippen LogP contribution in [-0.4, -0.2) is 71.2 Å². The van der Waals surface area contributed by atoms with Crippen LogP contribution >= 0.6 is 0 Å². The monoisotopic (exact) mass is 361 g/mol. The number of likely N-dealkylation sites (N-methyl/N-ethyl adjacent to an activating group) is 1. The summed E-state index contributed by atoms with van der Waals surface area (Å²) >= 11 is 0. The molecule has 0 unspecified atom stereocenters. The van der Waals surface area contributed by atoms with Crippen molar-refractivity contribution in [1.82, 2.24) is 24.9 Å². The van der Waals surface area contributed by atoms with Crippen molar-refractivity contribution in [3.8, 4) is 0 Å². The van der Waals surface area contributed by atoms with Crippen molar-refractivity contribution < 1.29 is 9.59 Å². The van der Waals surface area contributed by atoms with Crippen molar-refractivity contribution in [3.63, 3.8) is 0 Å². The van der Waals surface area contributed by atoms with Crippen molar-refractivity contribution in [3.05, 3.63) is 18.5 Å². The van der Waals surface area contributed by atoms with Crippen molar-refractivity contribution in [2.24, 2.45) is 0 Å². The summed E-state index contributed by atoms with van der Waals surface area (Å²) in [7, 11) is 3.79. The number of hydrogen-bond donors (Lipinski definition) is 1. The molecule has 0 spiro atoms. The second kappa shape index (κ2) is 8.20. The van der Waals surface area contributed by atoms with Crippen molar-refractivity contribution in [2.75, 3.05) is 33.7 Å². The molecule has 2 amide bonds. The van der Waals surface area contributed by atoms with Gasteiger partial charge in [0, 0.05) is 31.5 Å². The van der Waals surface area contributed by atoms with Crippen LogP contribution < -0.4 is 5.32 Å². The number of nitrogens with one attached hydrogen (secondary N) is 1. The highest BCUT2D eigenvalue weighted by atomic mass is 16.2. The van der Waals surface area contributed by atoms with Crippen LogP contribution in [0.1, 0.15) is 44.9 Å². The van der Waals surface area contributed by atoms with Gasteiger partial charge in [-0.3, -0.25) is 14.3 Å². The molecule has 1 aromatic heterocycles. The van der Waals surface area contributed by atoms with Crippen LogP contribution in [0, 0.1) is 0 Å². The van der Waals surface area contributed by atoms with E-state index in [-0.39, 0.29) is 17.9 Å². The Kier molecular flexibility index (Phi) is 5.96. The van der Waals surface area contributed by atoms with E-state index >= 15 is 0 Å². The van der Waals surface area contributed by atoms with Gasteiger partial charge in [0.2, 0.25) is 11.8 Å². The van der Waals surface area contributed by atoms with Gasteiger partial charge in [-0.25, -0.2) is 0 Å². The molecule has 1 aliphatic heterocycles. The minimum Gasteiger partial charge on any atom is -0.351 e. The third-order valence-electron chi connectivity index (χ3n) is 5.70. The second-order valence-electron chi connectivity index (χ2n) is 7.91. The first-order valence-corrected chi connectivity index (χ1v) is 9.75. The molecular weight excluding hydrogens is 330 g/mol. The highest BCUT2D eigenvalue weighted by Crippen LogP contribution is 2.31. The smallest absolute Gasteiger partial charge is 0.248 e. The van der Waals surface area contributed by atoms with Gasteiger partial charge in [0.15, 0.2) is 0 Å². The van der Waals surface area contributed by atoms with Gasteiger partial charge in [-0.15, -0.1) is 0 Å². The lowest BCUT2D eigenvalue weighted by Crippen LogP contribution is -2.58. The maximum Gasteiger partial charge on any atom is 0.248 e. The van der Waals surface area contributed by atoms with Gasteiger partial charge in [0.05, 0.1) is 6.54 Å². The summed E-state index contributed by atoms with van der Waals surface area (Å²) in [6, 6.07) is 2.14. The Morgan fingerprint density at radius 1 is 1.19 bits per heavy atom. The number of carbonyl (C=O) groups excluding carboxylic acids is 2. The SMILES string of the molecule is CN(C)CC(=O)N1CCC(C(=O)NC2CCCCC2)(n2cccn2)CC1. The summed E-state index contributed by atoms with van der Waals surface area (Å²) in [5.74, 6) is 0.185. The lowest BCUT2D eigenvalue weighted by Gasteiger charge is -2.42. The minimum absolute atomic E-state index is 0.0628. The predicted octanol–water partition coefficient (Wildman–Crippen LogP) is 1.21. The summed E-state index contributed by atoms with van der Waals surface area (Å²) in [5.41, 5.74) is -0.685. The molecule has 26 heavy (non-hydrogen) atoms. The van der Waals surface area contributed by atoms with E-state index in [1.807, 2.05) is 36.2 Å². The van der Waals surface area contributed by atoms with Gasteiger partial charge >= 0.3 is 0 Å². The first kappa shape index (κ1) is 18.9. The van der Waals surface area contributed by atoms with Gasteiger partial charge in [0.1, 0.15) is 5.54 Å². The van der Waals surface area contributed by atoms with E-state index in [4.69, 9.17) is 0 Å². The number of piperidine rings is 1. The Balaban J connectivity index is 1.70. The van der Waals surface area contributed by atoms with Crippen LogP contribution in [0.2, 0.25) is 0 Å². The molecule has 1 saturated heterocycles. The van der Waals surface area contributed by atoms with Gasteiger partial charge in [-0.2, -0.15) is 5.10 Å². The number of nitrogens with zero attached hydrogens (tertiary/aromatic N) is 4. The van der Waals surface area contributed by atoms with E-state index in [1.165, 1.54) is 19.3 Å². The zero-order valence-corrected chi connectivity index (χ0v) is 16.0. The fourth-order valence-electron chi connectivity index (χ4n) is 4.15. The molecule has 1 saturated carbocycles. The van der Waals surface area contributed by atoms with Crippen LogP contribution in [0.25, 0.3) is 0 Å². The molecule has 2 heterocycles. The molecule has 1 aromatic rings. The minimum atomic E-state index is -0.685. The first-order chi connectivity index (χ1) is 12.5. The van der Waals surface area contributed by atoms with E-state index in [0.717, 1.165) is 12.8 Å². The Bertz CT molecular complexity index is 599. The van der Waals surface area contributed by atoms with E-state index in [9.17, 15) is 9.59 Å². The highest BCUT2D eigenvalue weighted by molar-refractivity contribution is 5.85. The maximum atomic E-state index is 13.3. The van der Waals surface area contributed by atoms with Crippen LogP contribution in [0.15, 0.2) is 18.5 Å².